The van der Waals surface area contributed by atoms with Gasteiger partial charge in [0.15, 0.2) is 0 Å². The second kappa shape index (κ2) is 8.98. The maximum absolute atomic E-state index is 13.0. The molecule has 4 rings (SSSR count). The first-order valence-electron chi connectivity index (χ1n) is 9.93. The number of fused-ring (bicyclic) bond motifs is 1. The van der Waals surface area contributed by atoms with Crippen molar-refractivity contribution in [2.45, 2.75) is 32.1 Å². The number of hydrogen-bond donors (Lipinski definition) is 1. The standard InChI is InChI=1S/C24H22Cl2N2O/c25-20-11-10-17(14-21(20)26)23-15-19(18-8-4-5-9-22(18)28-23)24(29)27-13-12-16-6-2-1-3-7-16/h4-6,8-11,14-15H,1-3,7,12-13H2,(H,27,29). The lowest BCUT2D eigenvalue weighted by atomic mass is 9.97. The minimum absolute atomic E-state index is 0.0821. The highest BCUT2D eigenvalue weighted by Gasteiger charge is 2.14. The lowest BCUT2D eigenvalue weighted by molar-refractivity contribution is 0.0955. The molecular weight excluding hydrogens is 403 g/mol. The third-order valence-electron chi connectivity index (χ3n) is 5.29. The molecule has 1 aliphatic rings. The maximum atomic E-state index is 13.0. The Bertz CT molecular complexity index is 1090. The highest BCUT2D eigenvalue weighted by Crippen LogP contribution is 2.30. The van der Waals surface area contributed by atoms with Crippen molar-refractivity contribution in [3.8, 4) is 11.3 Å². The van der Waals surface area contributed by atoms with Crippen LogP contribution in [0.5, 0.6) is 0 Å². The van der Waals surface area contributed by atoms with Gasteiger partial charge in [-0.1, -0.05) is 59.1 Å². The van der Waals surface area contributed by atoms with Gasteiger partial charge in [-0.25, -0.2) is 4.98 Å². The molecule has 29 heavy (non-hydrogen) atoms. The third kappa shape index (κ3) is 4.63. The van der Waals surface area contributed by atoms with Crippen LogP contribution in [0.15, 0.2) is 60.2 Å². The summed E-state index contributed by atoms with van der Waals surface area (Å²) >= 11 is 12.2. The van der Waals surface area contributed by atoms with Gasteiger partial charge >= 0.3 is 0 Å². The van der Waals surface area contributed by atoms with Crippen LogP contribution >= 0.6 is 23.2 Å². The molecule has 2 aromatic carbocycles. The number of carbonyl (C=O) groups is 1. The first kappa shape index (κ1) is 19.9. The zero-order chi connectivity index (χ0) is 20.2. The second-order valence-corrected chi connectivity index (χ2v) is 8.13. The Labute approximate surface area is 180 Å². The van der Waals surface area contributed by atoms with E-state index < -0.39 is 0 Å². The van der Waals surface area contributed by atoms with Crippen LogP contribution < -0.4 is 5.32 Å². The van der Waals surface area contributed by atoms with Crippen molar-refractivity contribution < 1.29 is 4.79 Å². The molecule has 3 nitrogen and oxygen atoms in total. The van der Waals surface area contributed by atoms with Gasteiger partial charge in [0.05, 0.1) is 26.8 Å². The highest BCUT2D eigenvalue weighted by atomic mass is 35.5. The number of hydrogen-bond acceptors (Lipinski definition) is 2. The van der Waals surface area contributed by atoms with Crippen LogP contribution in [0.25, 0.3) is 22.2 Å². The molecule has 1 amide bonds. The van der Waals surface area contributed by atoms with Gasteiger partial charge in [-0.15, -0.1) is 0 Å². The van der Waals surface area contributed by atoms with Gasteiger partial charge in [-0.05, 0) is 56.4 Å². The van der Waals surface area contributed by atoms with Crippen LogP contribution in [0.3, 0.4) is 0 Å². The van der Waals surface area contributed by atoms with Crippen LogP contribution in [0.1, 0.15) is 42.5 Å². The summed E-state index contributed by atoms with van der Waals surface area (Å²) in [5.41, 5.74) is 4.37. The fourth-order valence-corrected chi connectivity index (χ4v) is 4.03. The van der Waals surface area contributed by atoms with E-state index in [1.807, 2.05) is 36.4 Å². The van der Waals surface area contributed by atoms with Crippen molar-refractivity contribution in [2.75, 3.05) is 6.54 Å². The Morgan fingerprint density at radius 1 is 1.03 bits per heavy atom. The topological polar surface area (TPSA) is 42.0 Å². The summed E-state index contributed by atoms with van der Waals surface area (Å²) in [6.07, 6.45) is 8.06. The first-order chi connectivity index (χ1) is 14.1. The van der Waals surface area contributed by atoms with Crippen molar-refractivity contribution in [1.29, 1.82) is 0 Å². The van der Waals surface area contributed by atoms with Gasteiger partial charge in [-0.3, -0.25) is 4.79 Å². The molecule has 0 saturated carbocycles. The van der Waals surface area contributed by atoms with Crippen LogP contribution in [0.2, 0.25) is 10.0 Å². The van der Waals surface area contributed by atoms with Crippen LogP contribution in [-0.4, -0.2) is 17.4 Å². The molecule has 0 fully saturated rings. The van der Waals surface area contributed by atoms with E-state index in [-0.39, 0.29) is 5.91 Å². The molecule has 1 aromatic heterocycles. The van der Waals surface area contributed by atoms with E-state index in [4.69, 9.17) is 28.2 Å². The Morgan fingerprint density at radius 3 is 2.69 bits per heavy atom. The van der Waals surface area contributed by atoms with Crippen molar-refractivity contribution in [2.24, 2.45) is 0 Å². The van der Waals surface area contributed by atoms with E-state index in [2.05, 4.69) is 11.4 Å². The molecule has 0 atom stereocenters. The van der Waals surface area contributed by atoms with Crippen molar-refractivity contribution in [3.05, 3.63) is 75.8 Å². The molecule has 0 spiro atoms. The summed E-state index contributed by atoms with van der Waals surface area (Å²) in [5, 5.41) is 4.88. The van der Waals surface area contributed by atoms with E-state index in [1.165, 1.54) is 18.4 Å². The minimum Gasteiger partial charge on any atom is -0.352 e. The average molecular weight is 425 g/mol. The van der Waals surface area contributed by atoms with Gasteiger partial charge in [-0.2, -0.15) is 0 Å². The molecule has 3 aromatic rings. The number of carbonyl (C=O) groups excluding carboxylic acids is 1. The molecule has 1 heterocycles. The molecular formula is C24H22Cl2N2O. The summed E-state index contributed by atoms with van der Waals surface area (Å²) in [6.45, 7) is 0.642. The summed E-state index contributed by atoms with van der Waals surface area (Å²) in [7, 11) is 0. The number of halogens is 2. The third-order valence-corrected chi connectivity index (χ3v) is 6.03. The normalized spacial score (nSPS) is 13.9. The molecule has 0 aliphatic heterocycles. The zero-order valence-corrected chi connectivity index (χ0v) is 17.6. The molecule has 0 bridgehead atoms. The molecule has 0 radical (unpaired) electrons. The Balaban J connectivity index is 1.62. The van der Waals surface area contributed by atoms with E-state index in [1.54, 1.807) is 12.1 Å². The number of rotatable bonds is 5. The lowest BCUT2D eigenvalue weighted by Gasteiger charge is -2.14. The van der Waals surface area contributed by atoms with Crippen molar-refractivity contribution in [3.63, 3.8) is 0 Å². The van der Waals surface area contributed by atoms with Crippen LogP contribution in [0, 0.1) is 0 Å². The second-order valence-electron chi connectivity index (χ2n) is 7.32. The number of benzene rings is 2. The maximum Gasteiger partial charge on any atom is 0.252 e. The number of nitrogens with zero attached hydrogens (tertiary/aromatic N) is 1. The highest BCUT2D eigenvalue weighted by molar-refractivity contribution is 6.42. The number of aromatic nitrogens is 1. The average Bonchev–Trinajstić information content (AvgIpc) is 2.75. The summed E-state index contributed by atoms with van der Waals surface area (Å²) in [6, 6.07) is 14.9. The van der Waals surface area contributed by atoms with Crippen molar-refractivity contribution in [1.82, 2.24) is 10.3 Å². The SMILES string of the molecule is O=C(NCCC1=CCCCC1)c1cc(-c2ccc(Cl)c(Cl)c2)nc2ccccc12. The summed E-state index contributed by atoms with van der Waals surface area (Å²) < 4.78 is 0. The zero-order valence-electron chi connectivity index (χ0n) is 16.1. The van der Waals surface area contributed by atoms with Gasteiger partial charge in [0.1, 0.15) is 0 Å². The van der Waals surface area contributed by atoms with E-state index in [0.29, 0.717) is 27.8 Å². The monoisotopic (exact) mass is 424 g/mol. The fraction of sp³-hybridized carbons (Fsp3) is 0.250. The predicted molar refractivity (Wildman–Crippen MR) is 121 cm³/mol. The minimum atomic E-state index is -0.0821. The molecule has 0 saturated heterocycles. The molecule has 148 valence electrons. The summed E-state index contributed by atoms with van der Waals surface area (Å²) in [4.78, 5) is 17.7. The smallest absolute Gasteiger partial charge is 0.252 e. The van der Waals surface area contributed by atoms with Crippen LogP contribution in [-0.2, 0) is 0 Å². The number of para-hydroxylation sites is 1. The van der Waals surface area contributed by atoms with E-state index in [0.717, 1.165) is 35.7 Å². The number of allylic oxidation sites excluding steroid dienone is 1. The van der Waals surface area contributed by atoms with E-state index in [9.17, 15) is 4.79 Å². The predicted octanol–water partition coefficient (Wildman–Crippen LogP) is 6.83. The van der Waals surface area contributed by atoms with E-state index >= 15 is 0 Å². The number of nitrogens with one attached hydrogen (secondary N) is 1. The molecule has 1 aliphatic carbocycles. The molecule has 0 unspecified atom stereocenters. The van der Waals surface area contributed by atoms with Gasteiger partial charge in [0.25, 0.3) is 5.91 Å². The summed E-state index contributed by atoms with van der Waals surface area (Å²) in [5.74, 6) is -0.0821. The van der Waals surface area contributed by atoms with Crippen LogP contribution in [0.4, 0.5) is 0 Å². The van der Waals surface area contributed by atoms with Gasteiger partial charge < -0.3 is 5.32 Å². The Morgan fingerprint density at radius 2 is 1.90 bits per heavy atom. The Kier molecular flexibility index (Phi) is 6.17. The Hall–Kier alpha value is -2.36. The first-order valence-corrected chi connectivity index (χ1v) is 10.7. The largest absolute Gasteiger partial charge is 0.352 e. The lowest BCUT2D eigenvalue weighted by Crippen LogP contribution is -2.25. The molecule has 1 N–H and O–H groups in total. The number of amides is 1. The molecule has 5 heteroatoms. The number of pyridine rings is 1. The quantitative estimate of drug-likeness (QED) is 0.456. The van der Waals surface area contributed by atoms with Gasteiger partial charge in [0, 0.05) is 17.5 Å². The van der Waals surface area contributed by atoms with Crippen molar-refractivity contribution >= 4 is 40.0 Å². The fourth-order valence-electron chi connectivity index (χ4n) is 3.73. The van der Waals surface area contributed by atoms with Gasteiger partial charge in [0.2, 0.25) is 0 Å².